The van der Waals surface area contributed by atoms with Crippen LogP contribution in [0.15, 0.2) is 9.98 Å². The Bertz CT molecular complexity index is 391. The summed E-state index contributed by atoms with van der Waals surface area (Å²) in [6, 6.07) is 0. The van der Waals surface area contributed by atoms with Crippen molar-refractivity contribution in [1.29, 1.82) is 0 Å². The molecule has 2 heterocycles. The van der Waals surface area contributed by atoms with Crippen LogP contribution in [0.4, 0.5) is 4.79 Å². The lowest BCUT2D eigenvalue weighted by molar-refractivity contribution is 0.111. The minimum Gasteiger partial charge on any atom is -0.470 e. The van der Waals surface area contributed by atoms with E-state index in [4.69, 9.17) is 9.84 Å². The molecule has 1 N–H and O–H groups in total. The van der Waals surface area contributed by atoms with Gasteiger partial charge in [-0.2, -0.15) is 4.98 Å². The van der Waals surface area contributed by atoms with E-state index in [0.29, 0.717) is 30.8 Å². The molecule has 7 heteroatoms. The summed E-state index contributed by atoms with van der Waals surface area (Å²) in [6.45, 7) is 1.82. The first-order valence-electron chi connectivity index (χ1n) is 5.37. The van der Waals surface area contributed by atoms with Gasteiger partial charge in [-0.25, -0.2) is 4.79 Å². The van der Waals surface area contributed by atoms with Crippen LogP contribution in [0.5, 0.6) is 5.19 Å². The Hall–Kier alpha value is -0.820. The van der Waals surface area contributed by atoms with Gasteiger partial charge in [0, 0.05) is 18.5 Å². The van der Waals surface area contributed by atoms with Gasteiger partial charge in [0.2, 0.25) is 0 Å². The largest absolute Gasteiger partial charge is 0.470 e. The maximum atomic E-state index is 10.7. The number of carbonyl (C=O) groups is 1. The van der Waals surface area contributed by atoms with Crippen LogP contribution in [-0.4, -0.2) is 40.8 Å². The van der Waals surface area contributed by atoms with E-state index in [9.17, 15) is 4.79 Å². The Labute approximate surface area is 112 Å². The van der Waals surface area contributed by atoms with Gasteiger partial charge in [-0.15, -0.1) is 0 Å². The van der Waals surface area contributed by atoms with Gasteiger partial charge in [0.1, 0.15) is 4.60 Å². The lowest BCUT2D eigenvalue weighted by Crippen LogP contribution is -2.38. The molecule has 1 fully saturated rings. The highest BCUT2D eigenvalue weighted by molar-refractivity contribution is 9.10. The highest BCUT2D eigenvalue weighted by Gasteiger charge is 2.22. The zero-order valence-electron chi connectivity index (χ0n) is 9.13. The first-order chi connectivity index (χ1) is 8.15. The summed E-state index contributed by atoms with van der Waals surface area (Å²) in [4.78, 5) is 16.3. The van der Waals surface area contributed by atoms with Gasteiger partial charge in [0.15, 0.2) is 0 Å². The summed E-state index contributed by atoms with van der Waals surface area (Å²) in [7, 11) is 0. The lowest BCUT2D eigenvalue weighted by Gasteiger charge is -2.29. The van der Waals surface area contributed by atoms with Crippen LogP contribution in [0.3, 0.4) is 0 Å². The number of amides is 1. The standard InChI is InChI=1S/C10H13BrN2O3S/c11-8-6-17-9(12-8)16-5-7-1-3-13(4-2-7)10(14)15/h6-7H,1-5H2,(H,14,15). The normalized spacial score (nSPS) is 17.1. The number of rotatable bonds is 3. The van der Waals surface area contributed by atoms with Crippen LogP contribution in [-0.2, 0) is 0 Å². The van der Waals surface area contributed by atoms with Gasteiger partial charge in [0.05, 0.1) is 6.61 Å². The molecule has 1 aliphatic rings. The van der Waals surface area contributed by atoms with Crippen molar-refractivity contribution < 1.29 is 14.6 Å². The molecule has 1 amide bonds. The van der Waals surface area contributed by atoms with Crippen molar-refractivity contribution in [2.45, 2.75) is 12.8 Å². The molecule has 0 aliphatic carbocycles. The highest BCUT2D eigenvalue weighted by Crippen LogP contribution is 2.24. The number of carboxylic acid groups (broad SMARTS) is 1. The number of thiazole rings is 1. The van der Waals surface area contributed by atoms with Gasteiger partial charge in [-0.05, 0) is 34.7 Å². The SMILES string of the molecule is O=C(O)N1CCC(COc2nc(Br)cs2)CC1. The molecule has 0 unspecified atom stereocenters. The molecule has 0 spiro atoms. The summed E-state index contributed by atoms with van der Waals surface area (Å²) in [6.07, 6.45) is 0.894. The summed E-state index contributed by atoms with van der Waals surface area (Å²) in [5, 5.41) is 11.4. The maximum Gasteiger partial charge on any atom is 0.407 e. The quantitative estimate of drug-likeness (QED) is 0.930. The fraction of sp³-hybridized carbons (Fsp3) is 0.600. The molecule has 0 radical (unpaired) electrons. The lowest BCUT2D eigenvalue weighted by atomic mass is 9.98. The van der Waals surface area contributed by atoms with Crippen molar-refractivity contribution in [3.05, 3.63) is 9.98 Å². The van der Waals surface area contributed by atoms with Crippen LogP contribution in [0.1, 0.15) is 12.8 Å². The van der Waals surface area contributed by atoms with Crippen molar-refractivity contribution >= 4 is 33.4 Å². The zero-order valence-corrected chi connectivity index (χ0v) is 11.5. The molecule has 1 aromatic heterocycles. The van der Waals surface area contributed by atoms with Gasteiger partial charge in [0.25, 0.3) is 5.19 Å². The third-order valence-electron chi connectivity index (χ3n) is 2.78. The molecule has 0 bridgehead atoms. The van der Waals surface area contributed by atoms with Crippen LogP contribution in [0, 0.1) is 5.92 Å². The van der Waals surface area contributed by atoms with E-state index in [-0.39, 0.29) is 0 Å². The Kier molecular flexibility index (Phi) is 4.22. The van der Waals surface area contributed by atoms with Crippen molar-refractivity contribution in [1.82, 2.24) is 9.88 Å². The third-order valence-corrected chi connectivity index (χ3v) is 4.24. The average molecular weight is 321 g/mol. The Morgan fingerprint density at radius 1 is 1.65 bits per heavy atom. The smallest absolute Gasteiger partial charge is 0.407 e. The molecule has 0 aromatic carbocycles. The van der Waals surface area contributed by atoms with Gasteiger partial charge >= 0.3 is 6.09 Å². The van der Waals surface area contributed by atoms with Crippen molar-refractivity contribution in [3.8, 4) is 5.19 Å². The van der Waals surface area contributed by atoms with E-state index in [2.05, 4.69) is 20.9 Å². The van der Waals surface area contributed by atoms with Crippen LogP contribution >= 0.6 is 27.3 Å². The molecular formula is C10H13BrN2O3S. The Balaban J connectivity index is 1.73. The number of likely N-dealkylation sites (tertiary alicyclic amines) is 1. The first kappa shape index (κ1) is 12.6. The molecule has 0 saturated carbocycles. The van der Waals surface area contributed by atoms with Crippen LogP contribution in [0.2, 0.25) is 0 Å². The highest BCUT2D eigenvalue weighted by atomic mass is 79.9. The molecule has 94 valence electrons. The Morgan fingerprint density at radius 3 is 2.88 bits per heavy atom. The van der Waals surface area contributed by atoms with E-state index in [0.717, 1.165) is 17.4 Å². The fourth-order valence-corrected chi connectivity index (χ4v) is 2.88. The van der Waals surface area contributed by atoms with Gasteiger partial charge in [-0.3, -0.25) is 0 Å². The van der Waals surface area contributed by atoms with Crippen molar-refractivity contribution in [2.24, 2.45) is 5.92 Å². The summed E-state index contributed by atoms with van der Waals surface area (Å²) < 4.78 is 6.36. The molecule has 0 atom stereocenters. The number of piperidine rings is 1. The summed E-state index contributed by atoms with van der Waals surface area (Å²) >= 11 is 4.73. The number of halogens is 1. The second-order valence-corrected chi connectivity index (χ2v) is 5.59. The monoisotopic (exact) mass is 320 g/mol. The molecule has 2 rings (SSSR count). The molecule has 1 aromatic rings. The maximum absolute atomic E-state index is 10.7. The number of hydrogen-bond donors (Lipinski definition) is 1. The van der Waals surface area contributed by atoms with E-state index < -0.39 is 6.09 Å². The van der Waals surface area contributed by atoms with Gasteiger partial charge in [-0.1, -0.05) is 11.3 Å². The first-order valence-corrected chi connectivity index (χ1v) is 7.04. The minimum atomic E-state index is -0.826. The number of ether oxygens (including phenoxy) is 1. The summed E-state index contributed by atoms with van der Waals surface area (Å²) in [5.41, 5.74) is 0. The van der Waals surface area contributed by atoms with Crippen LogP contribution in [0.25, 0.3) is 0 Å². The third kappa shape index (κ3) is 3.57. The summed E-state index contributed by atoms with van der Waals surface area (Å²) in [5.74, 6) is 0.424. The van der Waals surface area contributed by atoms with E-state index in [1.807, 2.05) is 5.38 Å². The number of hydrogen-bond acceptors (Lipinski definition) is 4. The molecule has 5 nitrogen and oxygen atoms in total. The van der Waals surface area contributed by atoms with Crippen molar-refractivity contribution in [3.63, 3.8) is 0 Å². The molecular weight excluding hydrogens is 308 g/mol. The zero-order chi connectivity index (χ0) is 12.3. The predicted octanol–water partition coefficient (Wildman–Crippen LogP) is 2.67. The topological polar surface area (TPSA) is 62.7 Å². The molecule has 1 saturated heterocycles. The number of nitrogens with zero attached hydrogens (tertiary/aromatic N) is 2. The minimum absolute atomic E-state index is 0.424. The second-order valence-electron chi connectivity index (χ2n) is 3.96. The van der Waals surface area contributed by atoms with E-state index in [1.165, 1.54) is 16.2 Å². The van der Waals surface area contributed by atoms with E-state index in [1.54, 1.807) is 0 Å². The second kappa shape index (κ2) is 5.68. The molecule has 17 heavy (non-hydrogen) atoms. The molecule has 1 aliphatic heterocycles. The number of aromatic nitrogens is 1. The Morgan fingerprint density at radius 2 is 2.35 bits per heavy atom. The average Bonchev–Trinajstić information content (AvgIpc) is 2.73. The fourth-order valence-electron chi connectivity index (χ4n) is 1.79. The van der Waals surface area contributed by atoms with E-state index >= 15 is 0 Å². The van der Waals surface area contributed by atoms with Gasteiger partial charge < -0.3 is 14.7 Å². The predicted molar refractivity (Wildman–Crippen MR) is 67.6 cm³/mol. The van der Waals surface area contributed by atoms with Crippen molar-refractivity contribution in [2.75, 3.05) is 19.7 Å². The van der Waals surface area contributed by atoms with Crippen LogP contribution < -0.4 is 4.74 Å².